The van der Waals surface area contributed by atoms with Gasteiger partial charge in [-0.3, -0.25) is 13.9 Å². The van der Waals surface area contributed by atoms with E-state index in [2.05, 4.69) is 33.9 Å². The summed E-state index contributed by atoms with van der Waals surface area (Å²) >= 11 is 1.59. The molecule has 1 N–H and O–H groups in total. The SMILES string of the molecule is CCn1c(=O)n(CC(=O)NCCCc2nnc(SC)n2CC(C)C)c2ccccc21. The van der Waals surface area contributed by atoms with Crippen molar-refractivity contribution in [3.05, 3.63) is 40.6 Å². The Morgan fingerprint density at radius 3 is 2.47 bits per heavy atom. The first kappa shape index (κ1) is 22.1. The number of carbonyl (C=O) groups excluding carboxylic acids is 1. The minimum atomic E-state index is -0.162. The molecule has 0 fully saturated rings. The maximum absolute atomic E-state index is 12.7. The van der Waals surface area contributed by atoms with E-state index in [-0.39, 0.29) is 18.1 Å². The van der Waals surface area contributed by atoms with Crippen LogP contribution in [0, 0.1) is 5.92 Å². The van der Waals surface area contributed by atoms with Gasteiger partial charge in [-0.2, -0.15) is 0 Å². The van der Waals surface area contributed by atoms with E-state index in [1.807, 2.05) is 37.4 Å². The number of nitrogens with zero attached hydrogens (tertiary/aromatic N) is 5. The van der Waals surface area contributed by atoms with E-state index in [1.165, 1.54) is 4.57 Å². The molecule has 0 radical (unpaired) electrons. The van der Waals surface area contributed by atoms with Crippen molar-refractivity contribution in [2.24, 2.45) is 5.92 Å². The van der Waals surface area contributed by atoms with Crippen LogP contribution in [-0.2, 0) is 30.8 Å². The lowest BCUT2D eigenvalue weighted by molar-refractivity contribution is -0.121. The van der Waals surface area contributed by atoms with Crippen LogP contribution in [0.25, 0.3) is 11.0 Å². The molecule has 2 heterocycles. The summed E-state index contributed by atoms with van der Waals surface area (Å²) in [6, 6.07) is 7.57. The molecule has 0 unspecified atom stereocenters. The number of benzene rings is 1. The predicted molar refractivity (Wildman–Crippen MR) is 120 cm³/mol. The number of amides is 1. The minimum Gasteiger partial charge on any atom is -0.355 e. The summed E-state index contributed by atoms with van der Waals surface area (Å²) in [5, 5.41) is 12.4. The lowest BCUT2D eigenvalue weighted by Crippen LogP contribution is -2.33. The van der Waals surface area contributed by atoms with E-state index in [1.54, 1.807) is 16.3 Å². The van der Waals surface area contributed by atoms with Gasteiger partial charge < -0.3 is 9.88 Å². The number of aryl methyl sites for hydroxylation is 2. The molecule has 1 amide bonds. The highest BCUT2D eigenvalue weighted by Gasteiger charge is 2.15. The van der Waals surface area contributed by atoms with Crippen LogP contribution in [-0.4, -0.2) is 42.6 Å². The fourth-order valence-corrected chi connectivity index (χ4v) is 4.13. The zero-order chi connectivity index (χ0) is 21.7. The summed E-state index contributed by atoms with van der Waals surface area (Å²) in [6.07, 6.45) is 3.51. The highest BCUT2D eigenvalue weighted by molar-refractivity contribution is 7.98. The molecule has 8 nitrogen and oxygen atoms in total. The number of thioether (sulfide) groups is 1. The van der Waals surface area contributed by atoms with Crippen LogP contribution >= 0.6 is 11.8 Å². The highest BCUT2D eigenvalue weighted by Crippen LogP contribution is 2.17. The Bertz CT molecular complexity index is 1070. The van der Waals surface area contributed by atoms with E-state index in [4.69, 9.17) is 0 Å². The fraction of sp³-hybridized carbons (Fsp3) is 0.524. The van der Waals surface area contributed by atoms with Gasteiger partial charge in [0, 0.05) is 26.1 Å². The number of imidazole rings is 1. The molecule has 0 spiro atoms. The Morgan fingerprint density at radius 1 is 1.13 bits per heavy atom. The van der Waals surface area contributed by atoms with Crippen LogP contribution in [0.5, 0.6) is 0 Å². The van der Waals surface area contributed by atoms with Crippen molar-refractivity contribution in [1.82, 2.24) is 29.2 Å². The summed E-state index contributed by atoms with van der Waals surface area (Å²) in [4.78, 5) is 25.1. The number of rotatable bonds is 10. The largest absolute Gasteiger partial charge is 0.355 e. The van der Waals surface area contributed by atoms with Crippen LogP contribution in [0.2, 0.25) is 0 Å². The van der Waals surface area contributed by atoms with E-state index in [9.17, 15) is 9.59 Å². The maximum Gasteiger partial charge on any atom is 0.329 e. The van der Waals surface area contributed by atoms with Crippen molar-refractivity contribution in [3.8, 4) is 0 Å². The number of aromatic nitrogens is 5. The standard InChI is InChI=1S/C21H30N6O2S/c1-5-25-16-9-6-7-10-17(16)26(21(25)29)14-19(28)22-12-8-11-18-23-24-20(30-4)27(18)13-15(2)3/h6-7,9-10,15H,5,8,11-14H2,1-4H3,(H,22,28). The van der Waals surface area contributed by atoms with Gasteiger partial charge in [0.25, 0.3) is 0 Å². The molecule has 0 aliphatic carbocycles. The number of nitrogens with one attached hydrogen (secondary N) is 1. The fourth-order valence-electron chi connectivity index (χ4n) is 3.61. The number of carbonyl (C=O) groups is 1. The van der Waals surface area contributed by atoms with Crippen molar-refractivity contribution < 1.29 is 4.79 Å². The van der Waals surface area contributed by atoms with E-state index >= 15 is 0 Å². The predicted octanol–water partition coefficient (Wildman–Crippen LogP) is 2.54. The molecule has 0 atom stereocenters. The van der Waals surface area contributed by atoms with Gasteiger partial charge in [0.1, 0.15) is 12.4 Å². The smallest absolute Gasteiger partial charge is 0.329 e. The summed E-state index contributed by atoms with van der Waals surface area (Å²) < 4.78 is 5.39. The highest BCUT2D eigenvalue weighted by atomic mass is 32.2. The second-order valence-corrected chi connectivity index (χ2v) is 8.44. The third-order valence-electron chi connectivity index (χ3n) is 4.97. The average Bonchev–Trinajstić information content (AvgIpc) is 3.23. The zero-order valence-corrected chi connectivity index (χ0v) is 18.9. The Morgan fingerprint density at radius 2 is 1.83 bits per heavy atom. The molecular formula is C21H30N6O2S. The summed E-state index contributed by atoms with van der Waals surface area (Å²) in [6.45, 7) is 8.28. The first-order chi connectivity index (χ1) is 14.5. The molecule has 0 aliphatic rings. The van der Waals surface area contributed by atoms with E-state index < -0.39 is 0 Å². The van der Waals surface area contributed by atoms with Crippen molar-refractivity contribution in [2.75, 3.05) is 12.8 Å². The Hall–Kier alpha value is -2.55. The molecule has 1 aromatic carbocycles. The monoisotopic (exact) mass is 430 g/mol. The van der Waals surface area contributed by atoms with Crippen molar-refractivity contribution >= 4 is 28.7 Å². The van der Waals surface area contributed by atoms with Crippen molar-refractivity contribution in [3.63, 3.8) is 0 Å². The van der Waals surface area contributed by atoms with Gasteiger partial charge in [-0.05, 0) is 37.7 Å². The quantitative estimate of drug-likeness (QED) is 0.395. The topological polar surface area (TPSA) is 86.7 Å². The van der Waals surface area contributed by atoms with Crippen LogP contribution < -0.4 is 11.0 Å². The Balaban J connectivity index is 1.58. The Kier molecular flexibility index (Phi) is 7.36. The molecule has 0 saturated carbocycles. The van der Waals surface area contributed by atoms with Crippen LogP contribution in [0.3, 0.4) is 0 Å². The zero-order valence-electron chi connectivity index (χ0n) is 18.1. The summed E-state index contributed by atoms with van der Waals surface area (Å²) in [5.74, 6) is 1.29. The van der Waals surface area contributed by atoms with Gasteiger partial charge in [-0.15, -0.1) is 10.2 Å². The molecule has 0 saturated heterocycles. The van der Waals surface area contributed by atoms with Crippen LogP contribution in [0.4, 0.5) is 0 Å². The molecular weight excluding hydrogens is 400 g/mol. The lowest BCUT2D eigenvalue weighted by Gasteiger charge is -2.12. The second-order valence-electron chi connectivity index (χ2n) is 7.66. The molecule has 0 bridgehead atoms. The van der Waals surface area contributed by atoms with Crippen molar-refractivity contribution in [1.29, 1.82) is 0 Å². The number of fused-ring (bicyclic) bond motifs is 1. The second kappa shape index (κ2) is 9.97. The van der Waals surface area contributed by atoms with Gasteiger partial charge in [0.15, 0.2) is 5.16 Å². The third kappa shape index (κ3) is 4.77. The van der Waals surface area contributed by atoms with Gasteiger partial charge in [-0.1, -0.05) is 37.7 Å². The lowest BCUT2D eigenvalue weighted by atomic mass is 10.2. The van der Waals surface area contributed by atoms with E-state index in [0.717, 1.165) is 41.4 Å². The molecule has 162 valence electrons. The molecule has 30 heavy (non-hydrogen) atoms. The molecule has 3 rings (SSSR count). The normalized spacial score (nSPS) is 11.5. The number of para-hydroxylation sites is 2. The van der Waals surface area contributed by atoms with Crippen LogP contribution in [0.1, 0.15) is 33.0 Å². The average molecular weight is 431 g/mol. The Labute approximate surface area is 180 Å². The first-order valence-corrected chi connectivity index (χ1v) is 11.6. The minimum absolute atomic E-state index is 0.0203. The third-order valence-corrected chi connectivity index (χ3v) is 5.63. The number of hydrogen-bond acceptors (Lipinski definition) is 5. The van der Waals surface area contributed by atoms with Gasteiger partial charge in [0.2, 0.25) is 5.91 Å². The van der Waals surface area contributed by atoms with Crippen LogP contribution in [0.15, 0.2) is 34.2 Å². The van der Waals surface area contributed by atoms with Gasteiger partial charge >= 0.3 is 5.69 Å². The first-order valence-electron chi connectivity index (χ1n) is 10.4. The summed E-state index contributed by atoms with van der Waals surface area (Å²) in [7, 11) is 0. The van der Waals surface area contributed by atoms with Gasteiger partial charge in [-0.25, -0.2) is 4.79 Å². The maximum atomic E-state index is 12.7. The summed E-state index contributed by atoms with van der Waals surface area (Å²) in [5.41, 5.74) is 1.48. The van der Waals surface area contributed by atoms with E-state index in [0.29, 0.717) is 19.0 Å². The molecule has 9 heteroatoms. The number of hydrogen-bond donors (Lipinski definition) is 1. The molecule has 0 aliphatic heterocycles. The van der Waals surface area contributed by atoms with Gasteiger partial charge in [0.05, 0.1) is 11.0 Å². The van der Waals surface area contributed by atoms with Crippen molar-refractivity contribution in [2.45, 2.75) is 58.4 Å². The molecule has 2 aromatic heterocycles. The molecule has 3 aromatic rings.